The molecule has 0 bridgehead atoms. The van der Waals surface area contributed by atoms with Crippen molar-refractivity contribution in [1.29, 1.82) is 0 Å². The molecule has 2 aliphatic carbocycles. The van der Waals surface area contributed by atoms with Gasteiger partial charge in [-0.25, -0.2) is 0 Å². The third-order valence-corrected chi connectivity index (χ3v) is 12.2. The minimum atomic E-state index is -0.311. The smallest absolute Gasteiger partial charge is 0.225 e. The van der Waals surface area contributed by atoms with Crippen LogP contribution in [0.15, 0.2) is 0 Å². The Kier molecular flexibility index (Phi) is 28.9. The second kappa shape index (κ2) is 33.1. The second-order valence-corrected chi connectivity index (χ2v) is 18.1. The molecule has 0 aliphatic heterocycles. The molecule has 23 nitrogen and oxygen atoms in total. The van der Waals surface area contributed by atoms with Crippen LogP contribution in [-0.4, -0.2) is 213 Å². The highest BCUT2D eigenvalue weighted by molar-refractivity contribution is 5.83. The molecule has 8 amide bonds. The molecule has 2 rings (SSSR count). The molecular formula is C44H85N15O8. The molecule has 0 radical (unpaired) electrons. The lowest BCUT2D eigenvalue weighted by molar-refractivity contribution is -0.133. The summed E-state index contributed by atoms with van der Waals surface area (Å²) in [5.74, 6) is -2.16. The van der Waals surface area contributed by atoms with Gasteiger partial charge in [-0.2, -0.15) is 0 Å². The van der Waals surface area contributed by atoms with Crippen molar-refractivity contribution in [3.05, 3.63) is 0 Å². The highest BCUT2D eigenvalue weighted by Gasteiger charge is 2.51. The summed E-state index contributed by atoms with van der Waals surface area (Å²) in [5.41, 5.74) is 12.6. The van der Waals surface area contributed by atoms with Crippen LogP contribution < -0.4 is 64.6 Å². The number of hydrogen-bond acceptors (Lipinski definition) is 15. The Morgan fingerprint density at radius 2 is 0.910 bits per heavy atom. The maximum absolute atomic E-state index is 12.8. The zero-order chi connectivity index (χ0) is 49.7. The predicted octanol–water partition coefficient (Wildman–Crippen LogP) is -5.05. The summed E-state index contributed by atoms with van der Waals surface area (Å²) in [5, 5.41) is 28.7. The molecule has 7 atom stereocenters. The first-order chi connectivity index (χ1) is 31.9. The lowest BCUT2D eigenvalue weighted by Crippen LogP contribution is -2.71. The zero-order valence-electron chi connectivity index (χ0n) is 41.1. The van der Waals surface area contributed by atoms with Crippen LogP contribution in [0.3, 0.4) is 0 Å². The maximum Gasteiger partial charge on any atom is 0.225 e. The number of nitrogens with zero attached hydrogens (tertiary/aromatic N) is 3. The van der Waals surface area contributed by atoms with Gasteiger partial charge in [0.1, 0.15) is 0 Å². The number of nitrogens with two attached hydrogens (primary N) is 2. The molecule has 0 aromatic carbocycles. The van der Waals surface area contributed by atoms with Crippen LogP contribution >= 0.6 is 0 Å². The van der Waals surface area contributed by atoms with E-state index in [1.165, 1.54) is 0 Å². The van der Waals surface area contributed by atoms with Crippen LogP contribution in [0.1, 0.15) is 64.2 Å². The van der Waals surface area contributed by atoms with Crippen LogP contribution in [-0.2, 0) is 38.4 Å². The molecule has 67 heavy (non-hydrogen) atoms. The highest BCUT2D eigenvalue weighted by atomic mass is 16.2. The molecule has 2 saturated carbocycles. The van der Waals surface area contributed by atoms with Gasteiger partial charge in [0.05, 0.1) is 11.8 Å². The highest BCUT2D eigenvalue weighted by Crippen LogP contribution is 2.33. The first-order valence-electron chi connectivity index (χ1n) is 24.0. The molecular weight excluding hydrogens is 867 g/mol. The predicted molar refractivity (Wildman–Crippen MR) is 256 cm³/mol. The molecule has 0 spiro atoms. The normalized spacial score (nSPS) is 20.9. The van der Waals surface area contributed by atoms with E-state index < -0.39 is 0 Å². The first-order valence-corrected chi connectivity index (χ1v) is 24.0. The van der Waals surface area contributed by atoms with Crippen molar-refractivity contribution in [2.24, 2.45) is 29.2 Å². The van der Waals surface area contributed by atoms with Gasteiger partial charge in [-0.15, -0.1) is 0 Å². The van der Waals surface area contributed by atoms with Crippen LogP contribution in [0.5, 0.6) is 0 Å². The molecule has 0 saturated heterocycles. The molecule has 0 aromatic rings. The number of likely N-dealkylation sites (N-methyl/N-ethyl adjacent to an activating group) is 2. The van der Waals surface area contributed by atoms with Crippen molar-refractivity contribution in [3.8, 4) is 0 Å². The van der Waals surface area contributed by atoms with Crippen LogP contribution in [0.4, 0.5) is 0 Å². The molecule has 2 fully saturated rings. The third kappa shape index (κ3) is 23.9. The van der Waals surface area contributed by atoms with Crippen molar-refractivity contribution >= 4 is 47.3 Å². The fourth-order valence-electron chi connectivity index (χ4n) is 8.07. The maximum atomic E-state index is 12.8. The Balaban J connectivity index is 1.41. The van der Waals surface area contributed by atoms with Crippen molar-refractivity contribution in [1.82, 2.24) is 67.9 Å². The van der Waals surface area contributed by atoms with Crippen molar-refractivity contribution in [3.63, 3.8) is 0 Å². The summed E-state index contributed by atoms with van der Waals surface area (Å²) in [7, 11) is 11.7. The van der Waals surface area contributed by atoms with Gasteiger partial charge in [0.25, 0.3) is 0 Å². The SMILES string of the molecule is CNC1C(N)C(C(=O)NCCCN(C)C)C1CNCCNC(=O)CCNC(=O)CCNC(=O)CCCC(=O)NCCC(=O)NCCC(=O)NCCN(C)C1CC(C(=O)NCCCN(C)C)C1N. The van der Waals surface area contributed by atoms with Crippen LogP contribution in [0.2, 0.25) is 0 Å². The number of carbonyl (C=O) groups is 8. The number of carbonyl (C=O) groups excluding carboxylic acids is 8. The molecule has 7 unspecified atom stereocenters. The van der Waals surface area contributed by atoms with Crippen LogP contribution in [0, 0.1) is 17.8 Å². The largest absolute Gasteiger partial charge is 0.356 e. The number of nitrogens with one attached hydrogen (secondary N) is 10. The number of hydrogen-bond donors (Lipinski definition) is 12. The first kappa shape index (κ1) is 58.6. The summed E-state index contributed by atoms with van der Waals surface area (Å²) in [6.07, 6.45) is 3.14. The van der Waals surface area contributed by atoms with E-state index in [9.17, 15) is 38.4 Å². The average Bonchev–Trinajstić information content (AvgIpc) is 3.25. The Hall–Kier alpha value is -4.52. The van der Waals surface area contributed by atoms with Gasteiger partial charge in [0.15, 0.2) is 0 Å². The Morgan fingerprint density at radius 1 is 0.478 bits per heavy atom. The average molecular weight is 952 g/mol. The molecule has 14 N–H and O–H groups in total. The van der Waals surface area contributed by atoms with E-state index in [0.717, 1.165) is 25.9 Å². The summed E-state index contributed by atoms with van der Waals surface area (Å²) >= 11 is 0. The van der Waals surface area contributed by atoms with Gasteiger partial charge in [-0.3, -0.25) is 38.4 Å². The molecule has 2 aliphatic rings. The summed E-state index contributed by atoms with van der Waals surface area (Å²) in [4.78, 5) is 105. The lowest BCUT2D eigenvalue weighted by atomic mass is 9.64. The summed E-state index contributed by atoms with van der Waals surface area (Å²) < 4.78 is 0. The fourth-order valence-corrected chi connectivity index (χ4v) is 8.07. The Bertz CT molecular complexity index is 1560. The van der Waals surface area contributed by atoms with Gasteiger partial charge in [-0.1, -0.05) is 0 Å². The van der Waals surface area contributed by atoms with E-state index in [2.05, 4.69) is 63.0 Å². The number of amides is 8. The quantitative estimate of drug-likeness (QED) is 0.0262. The molecule has 384 valence electrons. The monoisotopic (exact) mass is 952 g/mol. The van der Waals surface area contributed by atoms with Gasteiger partial charge >= 0.3 is 0 Å². The Labute approximate surface area is 397 Å². The van der Waals surface area contributed by atoms with Crippen LogP contribution in [0.25, 0.3) is 0 Å². The third-order valence-electron chi connectivity index (χ3n) is 12.2. The van der Waals surface area contributed by atoms with E-state index in [0.29, 0.717) is 52.2 Å². The van der Waals surface area contributed by atoms with Gasteiger partial charge in [0, 0.05) is 141 Å². The minimum Gasteiger partial charge on any atom is -0.356 e. The van der Waals surface area contributed by atoms with E-state index in [1.807, 2.05) is 47.2 Å². The number of rotatable bonds is 36. The Morgan fingerprint density at radius 3 is 1.36 bits per heavy atom. The van der Waals surface area contributed by atoms with E-state index in [1.54, 1.807) is 0 Å². The van der Waals surface area contributed by atoms with Gasteiger partial charge in [-0.05, 0) is 81.1 Å². The van der Waals surface area contributed by atoms with Gasteiger partial charge in [0.2, 0.25) is 47.3 Å². The van der Waals surface area contributed by atoms with Crippen molar-refractivity contribution < 1.29 is 38.4 Å². The fraction of sp³-hybridized carbons (Fsp3) is 0.818. The second-order valence-electron chi connectivity index (χ2n) is 18.1. The van der Waals surface area contributed by atoms with E-state index >= 15 is 0 Å². The van der Waals surface area contributed by atoms with Crippen molar-refractivity contribution in [2.75, 3.05) is 127 Å². The molecule has 0 heterocycles. The van der Waals surface area contributed by atoms with Gasteiger partial charge < -0.3 is 79.3 Å². The zero-order valence-corrected chi connectivity index (χ0v) is 41.1. The minimum absolute atomic E-state index is 0.00986. The van der Waals surface area contributed by atoms with Crippen molar-refractivity contribution in [2.45, 2.75) is 88.4 Å². The topological polar surface area (TPSA) is 319 Å². The lowest BCUT2D eigenvalue weighted by Gasteiger charge is -2.49. The summed E-state index contributed by atoms with van der Waals surface area (Å²) in [6.45, 7) is 5.97. The van der Waals surface area contributed by atoms with E-state index in [-0.39, 0.29) is 160 Å². The van der Waals surface area contributed by atoms with E-state index in [4.69, 9.17) is 11.5 Å². The summed E-state index contributed by atoms with van der Waals surface area (Å²) in [6, 6.07) is -0.453. The molecule has 0 aromatic heterocycles. The standard InChI is InChI=1S/C44H85N15O8/c1-47-42-31(39(41(42)46)44(67)56-17-9-26-58(4)5)29-48-22-23-53-37(64)14-20-51-35(62)12-18-49-33(60)10-7-11-34(61)50-19-13-36(63)52-21-15-38(65)54-24-27-59(6)32-28-30(40(32)45)43(66)55-16-8-25-57(2)3/h30-32,39-42,47-48H,7-29,45-46H2,1-6H3,(H,49,60)(H,50,61)(H,51,62)(H,52,63)(H,53,64)(H,54,65)(H,55,66)(H,56,67). The molecule has 23 heteroatoms.